The van der Waals surface area contributed by atoms with Gasteiger partial charge in [-0.15, -0.1) is 0 Å². The van der Waals surface area contributed by atoms with Crippen LogP contribution in [0.15, 0.2) is 24.5 Å². The molecule has 0 spiro atoms. The van der Waals surface area contributed by atoms with Gasteiger partial charge in [-0.25, -0.2) is 0 Å². The van der Waals surface area contributed by atoms with Crippen molar-refractivity contribution >= 4 is 15.9 Å². The van der Waals surface area contributed by atoms with Crippen LogP contribution in [-0.2, 0) is 4.74 Å². The molecule has 2 rings (SSSR count). The van der Waals surface area contributed by atoms with Gasteiger partial charge < -0.3 is 4.74 Å². The fourth-order valence-corrected chi connectivity index (χ4v) is 2.91. The molecule has 1 aliphatic rings. The molecule has 2 heterocycles. The van der Waals surface area contributed by atoms with Crippen LogP contribution in [0.25, 0.3) is 0 Å². The number of nitrogens with zero attached hydrogens (tertiary/aromatic N) is 1. The van der Waals surface area contributed by atoms with Crippen LogP contribution in [0.1, 0.15) is 37.7 Å². The lowest BCUT2D eigenvalue weighted by Crippen LogP contribution is -2.31. The molecule has 1 aliphatic heterocycles. The van der Waals surface area contributed by atoms with Crippen molar-refractivity contribution in [3.05, 3.63) is 30.1 Å². The van der Waals surface area contributed by atoms with Crippen molar-refractivity contribution < 1.29 is 4.74 Å². The Labute approximate surface area is 106 Å². The Morgan fingerprint density at radius 1 is 1.38 bits per heavy atom. The fourth-order valence-electron chi connectivity index (χ4n) is 2.19. The normalized spacial score (nSPS) is 25.0. The highest BCUT2D eigenvalue weighted by Crippen LogP contribution is 2.31. The number of halogens is 1. The number of pyridine rings is 1. The second-order valence-corrected chi connectivity index (χ2v) is 5.48. The molecule has 3 heteroatoms. The summed E-state index contributed by atoms with van der Waals surface area (Å²) in [5, 5.41) is 0. The van der Waals surface area contributed by atoms with E-state index in [1.165, 1.54) is 24.8 Å². The van der Waals surface area contributed by atoms with E-state index in [2.05, 4.69) is 40.0 Å². The smallest absolute Gasteiger partial charge is 0.0705 e. The van der Waals surface area contributed by atoms with E-state index in [0.29, 0.717) is 16.8 Å². The zero-order valence-electron chi connectivity index (χ0n) is 9.60. The first kappa shape index (κ1) is 12.1. The van der Waals surface area contributed by atoms with Gasteiger partial charge in [-0.1, -0.05) is 22.9 Å². The maximum atomic E-state index is 5.82. The summed E-state index contributed by atoms with van der Waals surface area (Å²) in [6.07, 6.45) is 7.73. The summed E-state index contributed by atoms with van der Waals surface area (Å²) in [5.74, 6) is 0.464. The third-order valence-electron chi connectivity index (χ3n) is 3.28. The quantitative estimate of drug-likeness (QED) is 0.792. The van der Waals surface area contributed by atoms with Crippen LogP contribution in [0.3, 0.4) is 0 Å². The van der Waals surface area contributed by atoms with Crippen LogP contribution < -0.4 is 0 Å². The van der Waals surface area contributed by atoms with Crippen LogP contribution in [-0.4, -0.2) is 22.5 Å². The first-order valence-electron chi connectivity index (χ1n) is 5.94. The van der Waals surface area contributed by atoms with Crippen LogP contribution in [0, 0.1) is 0 Å². The highest BCUT2D eigenvalue weighted by molar-refractivity contribution is 9.09. The lowest BCUT2D eigenvalue weighted by atomic mass is 9.93. The predicted octanol–water partition coefficient (Wildman–Crippen LogP) is 3.52. The van der Waals surface area contributed by atoms with E-state index >= 15 is 0 Å². The van der Waals surface area contributed by atoms with Gasteiger partial charge in [-0.3, -0.25) is 4.98 Å². The van der Waals surface area contributed by atoms with E-state index in [0.717, 1.165) is 6.61 Å². The first-order chi connectivity index (χ1) is 7.79. The highest BCUT2D eigenvalue weighted by atomic mass is 79.9. The van der Waals surface area contributed by atoms with Gasteiger partial charge in [-0.05, 0) is 42.9 Å². The lowest BCUT2D eigenvalue weighted by Gasteiger charge is -2.30. The second-order valence-electron chi connectivity index (χ2n) is 4.42. The average Bonchev–Trinajstić information content (AvgIpc) is 2.39. The molecule has 3 unspecified atom stereocenters. The molecule has 16 heavy (non-hydrogen) atoms. The number of rotatable bonds is 3. The molecule has 1 fully saturated rings. The predicted molar refractivity (Wildman–Crippen MR) is 69.0 cm³/mol. The van der Waals surface area contributed by atoms with Crippen molar-refractivity contribution in [2.75, 3.05) is 6.61 Å². The SMILES string of the molecule is CC(c1ccncc1)C(Br)C1CCCCO1. The summed E-state index contributed by atoms with van der Waals surface area (Å²) in [7, 11) is 0. The van der Waals surface area contributed by atoms with Crippen molar-refractivity contribution in [2.24, 2.45) is 0 Å². The molecule has 0 aromatic carbocycles. The first-order valence-corrected chi connectivity index (χ1v) is 6.86. The van der Waals surface area contributed by atoms with Crippen molar-refractivity contribution in [3.63, 3.8) is 0 Å². The Balaban J connectivity index is 2.00. The van der Waals surface area contributed by atoms with Crippen molar-refractivity contribution in [2.45, 2.75) is 43.0 Å². The third kappa shape index (κ3) is 2.83. The molecule has 0 saturated carbocycles. The highest BCUT2D eigenvalue weighted by Gasteiger charge is 2.27. The number of ether oxygens (including phenoxy) is 1. The Hall–Kier alpha value is -0.410. The fraction of sp³-hybridized carbons (Fsp3) is 0.615. The maximum Gasteiger partial charge on any atom is 0.0705 e. The zero-order chi connectivity index (χ0) is 11.4. The third-order valence-corrected chi connectivity index (χ3v) is 4.66. The molecule has 0 amide bonds. The van der Waals surface area contributed by atoms with E-state index in [4.69, 9.17) is 4.74 Å². The summed E-state index contributed by atoms with van der Waals surface area (Å²) < 4.78 is 5.82. The average molecular weight is 284 g/mol. The van der Waals surface area contributed by atoms with Crippen LogP contribution >= 0.6 is 15.9 Å². The van der Waals surface area contributed by atoms with E-state index in [1.54, 1.807) is 0 Å². The van der Waals surface area contributed by atoms with Gasteiger partial charge in [0.25, 0.3) is 0 Å². The number of hydrogen-bond acceptors (Lipinski definition) is 2. The van der Waals surface area contributed by atoms with Crippen LogP contribution in [0.5, 0.6) is 0 Å². The van der Waals surface area contributed by atoms with E-state index in [1.807, 2.05) is 12.4 Å². The Morgan fingerprint density at radius 3 is 2.75 bits per heavy atom. The molecule has 3 atom stereocenters. The van der Waals surface area contributed by atoms with Gasteiger partial charge in [-0.2, -0.15) is 0 Å². The summed E-state index contributed by atoms with van der Waals surface area (Å²) >= 11 is 3.80. The maximum absolute atomic E-state index is 5.82. The minimum absolute atomic E-state index is 0.358. The van der Waals surface area contributed by atoms with Gasteiger partial charge in [0.15, 0.2) is 0 Å². The summed E-state index contributed by atoms with van der Waals surface area (Å²) in [5.41, 5.74) is 1.33. The zero-order valence-corrected chi connectivity index (χ0v) is 11.2. The monoisotopic (exact) mass is 283 g/mol. The minimum Gasteiger partial charge on any atom is -0.377 e. The lowest BCUT2D eigenvalue weighted by molar-refractivity contribution is 0.0132. The number of hydrogen-bond donors (Lipinski definition) is 0. The molecular weight excluding hydrogens is 266 g/mol. The van der Waals surface area contributed by atoms with E-state index in [-0.39, 0.29) is 0 Å². The molecule has 88 valence electrons. The molecule has 2 nitrogen and oxygen atoms in total. The van der Waals surface area contributed by atoms with Gasteiger partial charge in [0.2, 0.25) is 0 Å². The topological polar surface area (TPSA) is 22.1 Å². The Morgan fingerprint density at radius 2 is 2.12 bits per heavy atom. The van der Waals surface area contributed by atoms with E-state index in [9.17, 15) is 0 Å². The van der Waals surface area contributed by atoms with Gasteiger partial charge in [0.05, 0.1) is 6.10 Å². The molecule has 0 aliphatic carbocycles. The van der Waals surface area contributed by atoms with Crippen molar-refractivity contribution in [1.29, 1.82) is 0 Å². The number of alkyl halides is 1. The molecule has 1 saturated heterocycles. The Bertz CT molecular complexity index is 311. The molecule has 0 N–H and O–H groups in total. The largest absolute Gasteiger partial charge is 0.377 e. The van der Waals surface area contributed by atoms with Gasteiger partial charge >= 0.3 is 0 Å². The van der Waals surface area contributed by atoms with Gasteiger partial charge in [0, 0.05) is 23.8 Å². The minimum atomic E-state index is 0.358. The van der Waals surface area contributed by atoms with E-state index < -0.39 is 0 Å². The second kappa shape index (κ2) is 5.78. The standard InChI is InChI=1S/C13H18BrNO/c1-10(11-5-7-15-8-6-11)13(14)12-4-2-3-9-16-12/h5-8,10,12-13H,2-4,9H2,1H3. The van der Waals surface area contributed by atoms with Crippen LogP contribution in [0.4, 0.5) is 0 Å². The summed E-state index contributed by atoms with van der Waals surface area (Å²) in [6.45, 7) is 3.16. The van der Waals surface area contributed by atoms with Crippen molar-refractivity contribution in [3.8, 4) is 0 Å². The molecule has 1 aromatic rings. The Kier molecular flexibility index (Phi) is 4.36. The molecule has 0 radical (unpaired) electrons. The summed E-state index contributed by atoms with van der Waals surface area (Å²) in [4.78, 5) is 4.45. The molecule has 0 bridgehead atoms. The molecule has 1 aromatic heterocycles. The number of aromatic nitrogens is 1. The van der Waals surface area contributed by atoms with Crippen molar-refractivity contribution in [1.82, 2.24) is 4.98 Å². The van der Waals surface area contributed by atoms with Gasteiger partial charge in [0.1, 0.15) is 0 Å². The molecular formula is C13H18BrNO. The van der Waals surface area contributed by atoms with Crippen LogP contribution in [0.2, 0.25) is 0 Å². The summed E-state index contributed by atoms with van der Waals surface area (Å²) in [6, 6.07) is 4.17.